The van der Waals surface area contributed by atoms with Crippen molar-refractivity contribution in [1.82, 2.24) is 0 Å². The lowest BCUT2D eigenvalue weighted by atomic mass is 10.2. The number of rotatable bonds is 2. The fourth-order valence-corrected chi connectivity index (χ4v) is 0.956. The molecule has 0 atom stereocenters. The van der Waals surface area contributed by atoms with E-state index in [0.717, 1.165) is 12.1 Å². The van der Waals surface area contributed by atoms with E-state index in [1.807, 2.05) is 0 Å². The summed E-state index contributed by atoms with van der Waals surface area (Å²) >= 11 is 0. The van der Waals surface area contributed by atoms with Gasteiger partial charge < -0.3 is 4.74 Å². The monoisotopic (exact) mass is 172 g/mol. The van der Waals surface area contributed by atoms with E-state index in [-0.39, 0.29) is 11.3 Å². The van der Waals surface area contributed by atoms with E-state index in [2.05, 4.69) is 0 Å². The maximum Gasteiger partial charge on any atom is 0.165 e. The van der Waals surface area contributed by atoms with Crippen molar-refractivity contribution in [2.45, 2.75) is 13.8 Å². The van der Waals surface area contributed by atoms with E-state index in [4.69, 9.17) is 4.74 Å². The number of ether oxygens (including phenoxy) is 1. The summed E-state index contributed by atoms with van der Waals surface area (Å²) in [6.45, 7) is 3.55. The Hall–Kier alpha value is -1.12. The lowest BCUT2D eigenvalue weighted by Crippen LogP contribution is -1.98. The van der Waals surface area contributed by atoms with Gasteiger partial charge in [-0.3, -0.25) is 0 Å². The predicted octanol–water partition coefficient (Wildman–Crippen LogP) is 2.67. The van der Waals surface area contributed by atoms with Crippen molar-refractivity contribution >= 4 is 0 Å². The molecule has 0 spiro atoms. The first kappa shape index (κ1) is 8.97. The van der Waals surface area contributed by atoms with Crippen LogP contribution < -0.4 is 4.74 Å². The molecule has 3 heteroatoms. The molecule has 0 aliphatic carbocycles. The van der Waals surface area contributed by atoms with Gasteiger partial charge in [0.15, 0.2) is 11.6 Å². The van der Waals surface area contributed by atoms with Crippen LogP contribution in [0.1, 0.15) is 12.5 Å². The van der Waals surface area contributed by atoms with Crippen LogP contribution in [0.4, 0.5) is 8.78 Å². The van der Waals surface area contributed by atoms with Gasteiger partial charge in [0.1, 0.15) is 5.82 Å². The van der Waals surface area contributed by atoms with Crippen molar-refractivity contribution < 1.29 is 13.5 Å². The second-order valence-corrected chi connectivity index (χ2v) is 2.42. The molecule has 0 radical (unpaired) electrons. The fraction of sp³-hybridized carbons (Fsp3) is 0.333. The van der Waals surface area contributed by atoms with Gasteiger partial charge in [-0.2, -0.15) is 0 Å². The van der Waals surface area contributed by atoms with Crippen molar-refractivity contribution in [2.75, 3.05) is 6.61 Å². The highest BCUT2D eigenvalue weighted by atomic mass is 19.1. The average Bonchev–Trinajstić information content (AvgIpc) is 2.06. The molecule has 0 aliphatic heterocycles. The largest absolute Gasteiger partial charge is 0.490 e. The second-order valence-electron chi connectivity index (χ2n) is 2.42. The predicted molar refractivity (Wildman–Crippen MR) is 42.3 cm³/mol. The molecule has 1 aromatic rings. The zero-order chi connectivity index (χ0) is 9.14. The van der Waals surface area contributed by atoms with Crippen LogP contribution in [0.5, 0.6) is 5.75 Å². The first-order valence-corrected chi connectivity index (χ1v) is 3.74. The lowest BCUT2D eigenvalue weighted by molar-refractivity contribution is 0.316. The number of benzene rings is 1. The molecule has 0 aliphatic rings. The minimum absolute atomic E-state index is 0.0116. The van der Waals surface area contributed by atoms with Gasteiger partial charge in [-0.1, -0.05) is 0 Å². The van der Waals surface area contributed by atoms with E-state index < -0.39 is 11.6 Å². The minimum Gasteiger partial charge on any atom is -0.490 e. The number of hydrogen-bond donors (Lipinski definition) is 0. The molecule has 0 fully saturated rings. The highest BCUT2D eigenvalue weighted by Crippen LogP contribution is 2.24. The molecule has 0 bridgehead atoms. The van der Waals surface area contributed by atoms with Crippen LogP contribution in [0.2, 0.25) is 0 Å². The van der Waals surface area contributed by atoms with Gasteiger partial charge in [-0.15, -0.1) is 0 Å². The van der Waals surface area contributed by atoms with Gasteiger partial charge in [0.25, 0.3) is 0 Å². The molecule has 1 nitrogen and oxygen atoms in total. The Kier molecular flexibility index (Phi) is 2.63. The highest BCUT2D eigenvalue weighted by Gasteiger charge is 2.09. The van der Waals surface area contributed by atoms with Gasteiger partial charge in [0.2, 0.25) is 0 Å². The molecule has 0 saturated carbocycles. The molecule has 0 saturated heterocycles. The van der Waals surface area contributed by atoms with Crippen molar-refractivity contribution in [3.63, 3.8) is 0 Å². The van der Waals surface area contributed by atoms with Crippen molar-refractivity contribution in [3.8, 4) is 5.75 Å². The summed E-state index contributed by atoms with van der Waals surface area (Å²) in [5.41, 5.74) is 0.219. The lowest BCUT2D eigenvalue weighted by Gasteiger charge is -2.07. The molecule has 1 rings (SSSR count). The topological polar surface area (TPSA) is 9.23 Å². The van der Waals surface area contributed by atoms with E-state index in [1.165, 1.54) is 6.92 Å². The second kappa shape index (κ2) is 3.52. The van der Waals surface area contributed by atoms with Gasteiger partial charge in [0, 0.05) is 5.56 Å². The van der Waals surface area contributed by atoms with Gasteiger partial charge in [-0.05, 0) is 26.0 Å². The van der Waals surface area contributed by atoms with E-state index in [1.54, 1.807) is 6.92 Å². The minimum atomic E-state index is -0.518. The molecular weight excluding hydrogens is 162 g/mol. The number of halogens is 2. The Morgan fingerprint density at radius 3 is 2.42 bits per heavy atom. The molecule has 0 unspecified atom stereocenters. The van der Waals surface area contributed by atoms with Gasteiger partial charge >= 0.3 is 0 Å². The zero-order valence-electron chi connectivity index (χ0n) is 7.03. The SMILES string of the molecule is CCOc1c(F)ccc(F)c1C. The standard InChI is InChI=1S/C9H10F2O/c1-3-12-9-6(2)7(10)4-5-8(9)11/h4-5H,3H2,1-2H3. The maximum atomic E-state index is 12.9. The van der Waals surface area contributed by atoms with Crippen LogP contribution in [0.3, 0.4) is 0 Å². The van der Waals surface area contributed by atoms with E-state index in [9.17, 15) is 8.78 Å². The summed E-state index contributed by atoms with van der Waals surface area (Å²) in [7, 11) is 0. The molecular formula is C9H10F2O. The summed E-state index contributed by atoms with van der Waals surface area (Å²) < 4.78 is 30.7. The molecule has 0 amide bonds. The Morgan fingerprint density at radius 2 is 1.83 bits per heavy atom. The molecule has 66 valence electrons. The summed E-state index contributed by atoms with van der Waals surface area (Å²) in [4.78, 5) is 0. The first-order valence-electron chi connectivity index (χ1n) is 3.74. The van der Waals surface area contributed by atoms with Crippen molar-refractivity contribution in [3.05, 3.63) is 29.3 Å². The Labute approximate surface area is 70.0 Å². The van der Waals surface area contributed by atoms with E-state index >= 15 is 0 Å². The highest BCUT2D eigenvalue weighted by molar-refractivity contribution is 5.34. The zero-order valence-corrected chi connectivity index (χ0v) is 7.03. The summed E-state index contributed by atoms with van der Waals surface area (Å²) in [5, 5.41) is 0. The Morgan fingerprint density at radius 1 is 1.25 bits per heavy atom. The summed E-state index contributed by atoms with van der Waals surface area (Å²) in [6.07, 6.45) is 0. The molecule has 12 heavy (non-hydrogen) atoms. The van der Waals surface area contributed by atoms with Crippen LogP contribution in [0.25, 0.3) is 0 Å². The van der Waals surface area contributed by atoms with E-state index in [0.29, 0.717) is 6.61 Å². The number of hydrogen-bond acceptors (Lipinski definition) is 1. The summed E-state index contributed by atoms with van der Waals surface area (Å²) in [6, 6.07) is 2.15. The van der Waals surface area contributed by atoms with Crippen LogP contribution in [-0.4, -0.2) is 6.61 Å². The van der Waals surface area contributed by atoms with Crippen molar-refractivity contribution in [2.24, 2.45) is 0 Å². The molecule has 1 aromatic carbocycles. The maximum absolute atomic E-state index is 12.9. The smallest absolute Gasteiger partial charge is 0.165 e. The Bertz CT molecular complexity index is 284. The normalized spacial score (nSPS) is 10.0. The van der Waals surface area contributed by atoms with Crippen LogP contribution in [0.15, 0.2) is 12.1 Å². The molecule has 0 heterocycles. The van der Waals surface area contributed by atoms with Gasteiger partial charge in [0.05, 0.1) is 6.61 Å². The third kappa shape index (κ3) is 1.55. The van der Waals surface area contributed by atoms with Crippen LogP contribution >= 0.6 is 0 Å². The quantitative estimate of drug-likeness (QED) is 0.666. The molecule has 0 N–H and O–H groups in total. The molecule has 0 aromatic heterocycles. The first-order chi connectivity index (χ1) is 5.66. The fourth-order valence-electron chi connectivity index (χ4n) is 0.956. The third-order valence-electron chi connectivity index (χ3n) is 1.58. The third-order valence-corrected chi connectivity index (χ3v) is 1.58. The average molecular weight is 172 g/mol. The Balaban J connectivity index is 3.14. The van der Waals surface area contributed by atoms with Crippen LogP contribution in [-0.2, 0) is 0 Å². The van der Waals surface area contributed by atoms with Crippen molar-refractivity contribution in [1.29, 1.82) is 0 Å². The van der Waals surface area contributed by atoms with Crippen LogP contribution in [0, 0.1) is 18.6 Å². The summed E-state index contributed by atoms with van der Waals surface area (Å²) in [5.74, 6) is -0.951. The van der Waals surface area contributed by atoms with Gasteiger partial charge in [-0.25, -0.2) is 8.78 Å².